The molecule has 1 heterocycles. The maximum absolute atomic E-state index is 13.2. The number of carbonyl (C=O) groups is 1. The Balaban J connectivity index is 2.16. The number of aryl methyl sites for hydroxylation is 2. The second-order valence-corrected chi connectivity index (χ2v) is 10.3. The van der Waals surface area contributed by atoms with E-state index in [4.69, 9.17) is 9.72 Å². The van der Waals surface area contributed by atoms with E-state index < -0.39 is 5.60 Å². The number of para-hydroxylation sites is 1. The largest absolute Gasteiger partial charge is 0.444 e. The van der Waals surface area contributed by atoms with Gasteiger partial charge >= 0.3 is 6.09 Å². The average Bonchev–Trinajstić information content (AvgIpc) is 2.59. The Morgan fingerprint density at radius 2 is 1.80 bits per heavy atom. The maximum Gasteiger partial charge on any atom is 0.410 e. The molecule has 0 radical (unpaired) electrons. The van der Waals surface area contributed by atoms with E-state index in [1.165, 1.54) is 0 Å². The molecule has 0 atom stereocenters. The van der Waals surface area contributed by atoms with Gasteiger partial charge in [0, 0.05) is 26.6 Å². The van der Waals surface area contributed by atoms with Crippen molar-refractivity contribution in [1.82, 2.24) is 14.5 Å². The summed E-state index contributed by atoms with van der Waals surface area (Å²) in [5, 5.41) is 0.674. The first kappa shape index (κ1) is 23.9. The molecule has 1 aromatic carbocycles. The van der Waals surface area contributed by atoms with Gasteiger partial charge in [0.05, 0.1) is 10.9 Å². The molecule has 2 rings (SSSR count). The topological polar surface area (TPSA) is 64.4 Å². The minimum absolute atomic E-state index is 0.0273. The SMILES string of the molecule is Cc1cccc2c(=O)n(CC(C)(C)C)c(CCCCN(C)C(=O)OC(C)(C)C)nc12. The average molecular weight is 416 g/mol. The van der Waals surface area contributed by atoms with Gasteiger partial charge in [-0.25, -0.2) is 9.78 Å². The monoisotopic (exact) mass is 415 g/mol. The van der Waals surface area contributed by atoms with E-state index in [0.29, 0.717) is 24.9 Å². The fourth-order valence-electron chi connectivity index (χ4n) is 3.32. The summed E-state index contributed by atoms with van der Waals surface area (Å²) in [5.74, 6) is 0.816. The third-order valence-electron chi connectivity index (χ3n) is 4.75. The summed E-state index contributed by atoms with van der Waals surface area (Å²) in [5.41, 5.74) is 1.29. The smallest absolute Gasteiger partial charge is 0.410 e. The lowest BCUT2D eigenvalue weighted by Crippen LogP contribution is -2.34. The lowest BCUT2D eigenvalue weighted by Gasteiger charge is -2.25. The van der Waals surface area contributed by atoms with Gasteiger partial charge in [-0.1, -0.05) is 32.9 Å². The number of hydrogen-bond acceptors (Lipinski definition) is 4. The van der Waals surface area contributed by atoms with Crippen LogP contribution in [0, 0.1) is 12.3 Å². The van der Waals surface area contributed by atoms with Crippen LogP contribution in [0.1, 0.15) is 65.8 Å². The van der Waals surface area contributed by atoms with E-state index in [1.807, 2.05) is 50.5 Å². The van der Waals surface area contributed by atoms with Gasteiger partial charge < -0.3 is 9.64 Å². The molecule has 1 aromatic heterocycles. The van der Waals surface area contributed by atoms with Crippen LogP contribution in [0.25, 0.3) is 10.9 Å². The van der Waals surface area contributed by atoms with Crippen molar-refractivity contribution < 1.29 is 9.53 Å². The molecule has 0 N–H and O–H groups in total. The normalized spacial score (nSPS) is 12.3. The summed E-state index contributed by atoms with van der Waals surface area (Å²) in [6.45, 7) is 15.2. The summed E-state index contributed by atoms with van der Waals surface area (Å²) < 4.78 is 7.23. The second kappa shape index (κ2) is 9.19. The van der Waals surface area contributed by atoms with Crippen LogP contribution in [-0.4, -0.2) is 39.7 Å². The molecule has 1 amide bonds. The van der Waals surface area contributed by atoms with E-state index in [0.717, 1.165) is 29.7 Å². The number of unbranched alkanes of at least 4 members (excludes halogenated alkanes) is 1. The molecule has 6 nitrogen and oxygen atoms in total. The number of amides is 1. The molecule has 166 valence electrons. The van der Waals surface area contributed by atoms with Crippen LogP contribution < -0.4 is 5.56 Å². The van der Waals surface area contributed by atoms with Gasteiger partial charge in [0.2, 0.25) is 0 Å². The fourth-order valence-corrected chi connectivity index (χ4v) is 3.32. The zero-order valence-corrected chi connectivity index (χ0v) is 19.8. The lowest BCUT2D eigenvalue weighted by atomic mass is 9.96. The molecule has 0 saturated heterocycles. The number of aromatic nitrogens is 2. The van der Waals surface area contributed by atoms with Crippen LogP contribution in [0.4, 0.5) is 4.79 Å². The van der Waals surface area contributed by atoms with Crippen molar-refractivity contribution in [1.29, 1.82) is 0 Å². The number of fused-ring (bicyclic) bond motifs is 1. The van der Waals surface area contributed by atoms with Crippen molar-refractivity contribution in [3.63, 3.8) is 0 Å². The van der Waals surface area contributed by atoms with Crippen LogP contribution >= 0.6 is 0 Å². The van der Waals surface area contributed by atoms with E-state index in [2.05, 4.69) is 20.8 Å². The minimum Gasteiger partial charge on any atom is -0.444 e. The third kappa shape index (κ3) is 6.57. The Hall–Kier alpha value is -2.37. The minimum atomic E-state index is -0.499. The molecule has 0 aliphatic heterocycles. The molecule has 0 fully saturated rings. The number of carbonyl (C=O) groups excluding carboxylic acids is 1. The highest BCUT2D eigenvalue weighted by Crippen LogP contribution is 2.20. The van der Waals surface area contributed by atoms with Crippen molar-refractivity contribution in [2.45, 2.75) is 79.9 Å². The van der Waals surface area contributed by atoms with Gasteiger partial charge in [-0.05, 0) is 57.6 Å². The lowest BCUT2D eigenvalue weighted by molar-refractivity contribution is 0.0296. The Morgan fingerprint density at radius 1 is 1.13 bits per heavy atom. The molecule has 0 unspecified atom stereocenters. The highest BCUT2D eigenvalue weighted by atomic mass is 16.6. The van der Waals surface area contributed by atoms with Gasteiger partial charge in [0.1, 0.15) is 11.4 Å². The Morgan fingerprint density at radius 3 is 2.40 bits per heavy atom. The first-order chi connectivity index (χ1) is 13.8. The molecular formula is C24H37N3O3. The van der Waals surface area contributed by atoms with Gasteiger partial charge in [0.25, 0.3) is 5.56 Å². The molecule has 0 aliphatic carbocycles. The fraction of sp³-hybridized carbons (Fsp3) is 0.625. The Labute approximate surface area is 180 Å². The molecule has 6 heteroatoms. The summed E-state index contributed by atoms with van der Waals surface area (Å²) in [7, 11) is 1.75. The molecule has 2 aromatic rings. The van der Waals surface area contributed by atoms with Crippen LogP contribution in [0.2, 0.25) is 0 Å². The molecular weight excluding hydrogens is 378 g/mol. The number of nitrogens with zero attached hydrogens (tertiary/aromatic N) is 3. The summed E-state index contributed by atoms with van der Waals surface area (Å²) in [4.78, 5) is 31.8. The Bertz CT molecular complexity index is 949. The predicted octanol–water partition coefficient (Wildman–Crippen LogP) is 4.94. The standard InChI is InChI=1S/C24H37N3O3/c1-17-12-11-13-18-20(17)25-19(27(21(18)28)16-23(2,3)4)14-9-10-15-26(8)22(29)30-24(5,6)7/h11-13H,9-10,14-16H2,1-8H3. The van der Waals surface area contributed by atoms with Crippen molar-refractivity contribution in [3.05, 3.63) is 39.9 Å². The highest BCUT2D eigenvalue weighted by molar-refractivity contribution is 5.80. The van der Waals surface area contributed by atoms with Crippen molar-refractivity contribution in [2.24, 2.45) is 5.41 Å². The molecule has 0 spiro atoms. The van der Waals surface area contributed by atoms with Crippen LogP contribution in [0.3, 0.4) is 0 Å². The molecule has 0 aliphatic rings. The van der Waals surface area contributed by atoms with Gasteiger partial charge in [-0.3, -0.25) is 9.36 Å². The second-order valence-electron chi connectivity index (χ2n) is 10.3. The number of hydrogen-bond donors (Lipinski definition) is 0. The predicted molar refractivity (Wildman–Crippen MR) is 122 cm³/mol. The third-order valence-corrected chi connectivity index (χ3v) is 4.75. The van der Waals surface area contributed by atoms with E-state index >= 15 is 0 Å². The van der Waals surface area contributed by atoms with Crippen LogP contribution in [0.15, 0.2) is 23.0 Å². The number of benzene rings is 1. The van der Waals surface area contributed by atoms with Crippen molar-refractivity contribution in [3.8, 4) is 0 Å². The molecule has 0 bridgehead atoms. The first-order valence-electron chi connectivity index (χ1n) is 10.7. The quantitative estimate of drug-likeness (QED) is 0.627. The summed E-state index contributed by atoms with van der Waals surface area (Å²) >= 11 is 0. The van der Waals surface area contributed by atoms with E-state index in [-0.39, 0.29) is 17.1 Å². The molecule has 0 saturated carbocycles. The zero-order valence-electron chi connectivity index (χ0n) is 19.8. The molecule has 30 heavy (non-hydrogen) atoms. The maximum atomic E-state index is 13.2. The van der Waals surface area contributed by atoms with Gasteiger partial charge in [0.15, 0.2) is 0 Å². The Kier molecular flexibility index (Phi) is 7.32. The van der Waals surface area contributed by atoms with Crippen molar-refractivity contribution >= 4 is 17.0 Å². The first-order valence-corrected chi connectivity index (χ1v) is 10.7. The number of ether oxygens (including phenoxy) is 1. The van der Waals surface area contributed by atoms with Gasteiger partial charge in [-0.15, -0.1) is 0 Å². The summed E-state index contributed by atoms with van der Waals surface area (Å²) in [6, 6.07) is 5.76. The zero-order chi connectivity index (χ0) is 22.7. The van der Waals surface area contributed by atoms with Crippen molar-refractivity contribution in [2.75, 3.05) is 13.6 Å². The van der Waals surface area contributed by atoms with E-state index in [9.17, 15) is 9.59 Å². The van der Waals surface area contributed by atoms with E-state index in [1.54, 1.807) is 11.9 Å². The highest BCUT2D eigenvalue weighted by Gasteiger charge is 2.20. The summed E-state index contributed by atoms with van der Waals surface area (Å²) in [6.07, 6.45) is 2.03. The van der Waals surface area contributed by atoms with Crippen LogP contribution in [0.5, 0.6) is 0 Å². The number of rotatable bonds is 6. The van der Waals surface area contributed by atoms with Crippen LogP contribution in [-0.2, 0) is 17.7 Å². The van der Waals surface area contributed by atoms with Gasteiger partial charge in [-0.2, -0.15) is 0 Å².